The summed E-state index contributed by atoms with van der Waals surface area (Å²) in [7, 11) is -3.60. The van der Waals surface area contributed by atoms with Crippen LogP contribution in [0.5, 0.6) is 0 Å². The van der Waals surface area contributed by atoms with Crippen molar-refractivity contribution in [3.63, 3.8) is 0 Å². The van der Waals surface area contributed by atoms with Crippen molar-refractivity contribution < 1.29 is 8.42 Å². The fourth-order valence-electron chi connectivity index (χ4n) is 2.06. The Morgan fingerprint density at radius 2 is 1.76 bits per heavy atom. The summed E-state index contributed by atoms with van der Waals surface area (Å²) >= 11 is 11.9. The molecule has 0 bridgehead atoms. The average molecular weight is 475 g/mol. The van der Waals surface area contributed by atoms with E-state index in [0.29, 0.717) is 10.7 Å². The predicted octanol–water partition coefficient (Wildman–Crippen LogP) is 6.26. The van der Waals surface area contributed by atoms with E-state index in [9.17, 15) is 8.42 Å². The van der Waals surface area contributed by atoms with Crippen LogP contribution in [0.1, 0.15) is 5.56 Å². The van der Waals surface area contributed by atoms with Crippen LogP contribution < -0.4 is 4.72 Å². The number of para-hydroxylation sites is 1. The average Bonchev–Trinajstić information content (AvgIpc) is 3.03. The lowest BCUT2D eigenvalue weighted by Gasteiger charge is -2.11. The molecule has 0 unspecified atom stereocenters. The molecule has 25 heavy (non-hydrogen) atoms. The molecule has 3 rings (SSSR count). The molecule has 1 N–H and O–H groups in total. The Kier molecular flexibility index (Phi) is 6.12. The van der Waals surface area contributed by atoms with Crippen LogP contribution >= 0.6 is 50.6 Å². The molecule has 3 nitrogen and oxygen atoms in total. The van der Waals surface area contributed by atoms with Crippen molar-refractivity contribution in [1.82, 2.24) is 0 Å². The number of hydrogen-bond acceptors (Lipinski definition) is 4. The van der Waals surface area contributed by atoms with Gasteiger partial charge in [0.1, 0.15) is 4.21 Å². The first-order chi connectivity index (χ1) is 11.9. The second kappa shape index (κ2) is 8.14. The first-order valence-corrected chi connectivity index (χ1v) is 11.6. The van der Waals surface area contributed by atoms with E-state index in [0.717, 1.165) is 20.0 Å². The maximum Gasteiger partial charge on any atom is 0.271 e. The van der Waals surface area contributed by atoms with Crippen LogP contribution in [0, 0.1) is 0 Å². The van der Waals surface area contributed by atoms with Crippen LogP contribution in [0.15, 0.2) is 73.6 Å². The molecule has 130 valence electrons. The second-order valence-electron chi connectivity index (χ2n) is 5.08. The van der Waals surface area contributed by atoms with Crippen molar-refractivity contribution in [2.45, 2.75) is 14.9 Å². The van der Waals surface area contributed by atoms with E-state index in [2.05, 4.69) is 20.7 Å². The van der Waals surface area contributed by atoms with Gasteiger partial charge in [0.2, 0.25) is 0 Å². The summed E-state index contributed by atoms with van der Waals surface area (Å²) < 4.78 is 28.8. The van der Waals surface area contributed by atoms with Gasteiger partial charge in [-0.25, -0.2) is 8.42 Å². The maximum atomic E-state index is 12.5. The number of thioether (sulfide) groups is 1. The minimum Gasteiger partial charge on any atom is -0.278 e. The van der Waals surface area contributed by atoms with E-state index >= 15 is 0 Å². The van der Waals surface area contributed by atoms with Crippen LogP contribution in [-0.2, 0) is 15.8 Å². The quantitative estimate of drug-likeness (QED) is 0.429. The highest BCUT2D eigenvalue weighted by atomic mass is 79.9. The lowest BCUT2D eigenvalue weighted by Crippen LogP contribution is -2.12. The highest BCUT2D eigenvalue weighted by Gasteiger charge is 2.18. The third-order valence-corrected chi connectivity index (χ3v) is 8.13. The number of nitrogens with one attached hydrogen (secondary N) is 1. The number of anilines is 1. The summed E-state index contributed by atoms with van der Waals surface area (Å²) in [5.74, 6) is 0.723. The molecule has 0 saturated heterocycles. The maximum absolute atomic E-state index is 12.5. The van der Waals surface area contributed by atoms with E-state index in [1.54, 1.807) is 30.0 Å². The number of rotatable bonds is 6. The van der Waals surface area contributed by atoms with Crippen molar-refractivity contribution in [2.24, 2.45) is 0 Å². The third-order valence-electron chi connectivity index (χ3n) is 3.25. The number of hydrogen-bond donors (Lipinski definition) is 1. The molecule has 0 saturated carbocycles. The fourth-order valence-corrected chi connectivity index (χ4v) is 6.30. The molecule has 0 radical (unpaired) electrons. The summed E-state index contributed by atoms with van der Waals surface area (Å²) in [5.41, 5.74) is 1.69. The van der Waals surface area contributed by atoms with E-state index < -0.39 is 10.0 Å². The number of halogens is 2. The van der Waals surface area contributed by atoms with Crippen LogP contribution in [0.25, 0.3) is 0 Å². The standard InChI is InChI=1S/C17H13BrClNO2S3/c18-16-9-10-17(24-16)25(21,22)20-14-3-1-2-4-15(14)23-11-12-5-7-13(19)8-6-12/h1-10,20H,11H2. The number of sulfonamides is 1. The summed E-state index contributed by atoms with van der Waals surface area (Å²) in [6, 6.07) is 18.3. The molecule has 0 aliphatic heterocycles. The zero-order valence-corrected chi connectivity index (χ0v) is 17.6. The van der Waals surface area contributed by atoms with Gasteiger partial charge in [-0.1, -0.05) is 35.9 Å². The molecule has 1 heterocycles. The Bertz CT molecular complexity index is 972. The van der Waals surface area contributed by atoms with Crippen molar-refractivity contribution in [2.75, 3.05) is 4.72 Å². The molecule has 3 aromatic rings. The monoisotopic (exact) mass is 473 g/mol. The molecule has 0 atom stereocenters. The van der Waals surface area contributed by atoms with Gasteiger partial charge >= 0.3 is 0 Å². The van der Waals surface area contributed by atoms with E-state index in [-0.39, 0.29) is 4.21 Å². The van der Waals surface area contributed by atoms with Gasteiger partial charge in [-0.15, -0.1) is 23.1 Å². The Hall–Kier alpha value is -0.990. The zero-order valence-electron chi connectivity index (χ0n) is 12.8. The zero-order chi connectivity index (χ0) is 17.9. The molecular weight excluding hydrogens is 462 g/mol. The molecule has 0 aliphatic rings. The second-order valence-corrected chi connectivity index (χ2v) is 10.9. The lowest BCUT2D eigenvalue weighted by atomic mass is 10.2. The van der Waals surface area contributed by atoms with E-state index in [4.69, 9.17) is 11.6 Å². The van der Waals surface area contributed by atoms with Gasteiger partial charge in [-0.05, 0) is 57.9 Å². The van der Waals surface area contributed by atoms with Crippen molar-refractivity contribution in [3.8, 4) is 0 Å². The minimum atomic E-state index is -3.60. The van der Waals surface area contributed by atoms with Gasteiger partial charge in [0.25, 0.3) is 10.0 Å². The first kappa shape index (κ1) is 18.8. The van der Waals surface area contributed by atoms with Crippen LogP contribution in [0.2, 0.25) is 5.02 Å². The topological polar surface area (TPSA) is 46.2 Å². The fraction of sp³-hybridized carbons (Fsp3) is 0.0588. The van der Waals surface area contributed by atoms with Gasteiger partial charge in [-0.3, -0.25) is 4.72 Å². The van der Waals surface area contributed by atoms with Crippen molar-refractivity contribution in [1.29, 1.82) is 0 Å². The molecular formula is C17H13BrClNO2S3. The Morgan fingerprint density at radius 3 is 2.44 bits per heavy atom. The molecule has 0 amide bonds. The van der Waals surface area contributed by atoms with Gasteiger partial charge in [-0.2, -0.15) is 0 Å². The lowest BCUT2D eigenvalue weighted by molar-refractivity contribution is 0.603. The SMILES string of the molecule is O=S(=O)(Nc1ccccc1SCc1ccc(Cl)cc1)c1ccc(Br)s1. The molecule has 0 fully saturated rings. The minimum absolute atomic E-state index is 0.275. The number of thiophene rings is 1. The molecule has 0 aliphatic carbocycles. The van der Waals surface area contributed by atoms with E-state index in [1.165, 1.54) is 11.3 Å². The van der Waals surface area contributed by atoms with Gasteiger partial charge in [0, 0.05) is 15.7 Å². The molecule has 0 spiro atoms. The van der Waals surface area contributed by atoms with Gasteiger partial charge < -0.3 is 0 Å². The van der Waals surface area contributed by atoms with Crippen molar-refractivity contribution >= 4 is 66.3 Å². The van der Waals surface area contributed by atoms with Crippen LogP contribution in [0.4, 0.5) is 5.69 Å². The summed E-state index contributed by atoms with van der Waals surface area (Å²) in [6.45, 7) is 0. The summed E-state index contributed by atoms with van der Waals surface area (Å²) in [4.78, 5) is 0.872. The molecule has 1 aromatic heterocycles. The normalized spacial score (nSPS) is 11.4. The largest absolute Gasteiger partial charge is 0.278 e. The summed E-state index contributed by atoms with van der Waals surface area (Å²) in [5, 5.41) is 0.698. The summed E-state index contributed by atoms with van der Waals surface area (Å²) in [6.07, 6.45) is 0. The van der Waals surface area contributed by atoms with Crippen LogP contribution in [-0.4, -0.2) is 8.42 Å². The molecule has 2 aromatic carbocycles. The molecule has 8 heteroatoms. The number of benzene rings is 2. The van der Waals surface area contributed by atoms with Gasteiger partial charge in [0.15, 0.2) is 0 Å². The Labute approximate surface area is 168 Å². The van der Waals surface area contributed by atoms with Crippen molar-refractivity contribution in [3.05, 3.63) is 75.0 Å². The highest BCUT2D eigenvalue weighted by Crippen LogP contribution is 2.33. The highest BCUT2D eigenvalue weighted by molar-refractivity contribution is 9.11. The van der Waals surface area contributed by atoms with Gasteiger partial charge in [0.05, 0.1) is 9.47 Å². The van der Waals surface area contributed by atoms with Crippen LogP contribution in [0.3, 0.4) is 0 Å². The Balaban J connectivity index is 1.77. The smallest absolute Gasteiger partial charge is 0.271 e. The Morgan fingerprint density at radius 1 is 1.04 bits per heavy atom. The predicted molar refractivity (Wildman–Crippen MR) is 110 cm³/mol. The third kappa shape index (κ3) is 5.01. The van der Waals surface area contributed by atoms with E-state index in [1.807, 2.05) is 42.5 Å². The first-order valence-electron chi connectivity index (χ1n) is 7.18.